The number of hydrogen-bond donors (Lipinski definition) is 1. The molecule has 1 aromatic rings. The molecule has 4 heteroatoms. The summed E-state index contributed by atoms with van der Waals surface area (Å²) < 4.78 is 25.9. The molecule has 120 valence electrons. The molecule has 0 spiro atoms. The Morgan fingerprint density at radius 1 is 1.05 bits per heavy atom. The van der Waals surface area contributed by atoms with Gasteiger partial charge in [0.05, 0.1) is 10.5 Å². The molecular formula is C17H29NO2S. The Bertz CT molecular complexity index is 511. The highest BCUT2D eigenvalue weighted by Crippen LogP contribution is 2.29. The molecule has 0 bridgehead atoms. The fraction of sp³-hybridized carbons (Fsp3) is 0.647. The van der Waals surface area contributed by atoms with Crippen LogP contribution in [-0.2, 0) is 9.84 Å². The van der Waals surface area contributed by atoms with Crippen LogP contribution < -0.4 is 5.32 Å². The van der Waals surface area contributed by atoms with Crippen molar-refractivity contribution in [1.29, 1.82) is 0 Å². The Hall–Kier alpha value is -0.870. The lowest BCUT2D eigenvalue weighted by atomic mass is 10.0. The van der Waals surface area contributed by atoms with Gasteiger partial charge in [0, 0.05) is 6.04 Å². The summed E-state index contributed by atoms with van der Waals surface area (Å²) in [6, 6.07) is 9.75. The normalized spacial score (nSPS) is 16.7. The van der Waals surface area contributed by atoms with Crippen LogP contribution in [0.3, 0.4) is 0 Å². The summed E-state index contributed by atoms with van der Waals surface area (Å²) in [5.41, 5.74) is 1.05. The predicted octanol–water partition coefficient (Wildman–Crippen LogP) is 3.58. The maximum Gasteiger partial charge on any atom is 0.157 e. The van der Waals surface area contributed by atoms with Crippen LogP contribution in [0.4, 0.5) is 0 Å². The van der Waals surface area contributed by atoms with E-state index in [0.29, 0.717) is 6.42 Å². The smallest absolute Gasteiger partial charge is 0.157 e. The summed E-state index contributed by atoms with van der Waals surface area (Å²) in [6.07, 6.45) is 0.617. The van der Waals surface area contributed by atoms with Crippen molar-refractivity contribution in [3.8, 4) is 0 Å². The lowest BCUT2D eigenvalue weighted by Crippen LogP contribution is -2.42. The fourth-order valence-electron chi connectivity index (χ4n) is 2.66. The molecule has 0 aromatic heterocycles. The van der Waals surface area contributed by atoms with E-state index in [1.54, 1.807) is 0 Å². The molecule has 0 heterocycles. The van der Waals surface area contributed by atoms with Crippen molar-refractivity contribution in [1.82, 2.24) is 5.32 Å². The Morgan fingerprint density at radius 3 is 2.05 bits per heavy atom. The minimum Gasteiger partial charge on any atom is -0.309 e. The number of sulfone groups is 1. The van der Waals surface area contributed by atoms with Gasteiger partial charge in [-0.05, 0) is 31.4 Å². The second-order valence-corrected chi connectivity index (χ2v) is 8.46. The van der Waals surface area contributed by atoms with E-state index >= 15 is 0 Å². The summed E-state index contributed by atoms with van der Waals surface area (Å²) in [6.45, 7) is 10.5. The van der Waals surface area contributed by atoms with Gasteiger partial charge in [0.1, 0.15) is 0 Å². The van der Waals surface area contributed by atoms with Gasteiger partial charge >= 0.3 is 0 Å². The maximum absolute atomic E-state index is 13.0. The summed E-state index contributed by atoms with van der Waals surface area (Å²) in [4.78, 5) is 0. The van der Waals surface area contributed by atoms with Gasteiger partial charge in [0.25, 0.3) is 0 Å². The Labute approximate surface area is 130 Å². The van der Waals surface area contributed by atoms with Gasteiger partial charge in [-0.2, -0.15) is 0 Å². The molecule has 0 aliphatic heterocycles. The van der Waals surface area contributed by atoms with Crippen molar-refractivity contribution in [2.75, 3.05) is 6.54 Å². The van der Waals surface area contributed by atoms with Crippen molar-refractivity contribution < 1.29 is 8.42 Å². The van der Waals surface area contributed by atoms with Crippen LogP contribution in [0.1, 0.15) is 52.6 Å². The molecule has 0 saturated carbocycles. The average molecular weight is 311 g/mol. The Kier molecular flexibility index (Phi) is 6.88. The Morgan fingerprint density at radius 2 is 1.62 bits per heavy atom. The highest BCUT2D eigenvalue weighted by Gasteiger charge is 2.37. The SMILES string of the molecule is CCNC(c1ccccc1)C(CC)S(=O)(=O)C(C)C(C)C. The molecule has 0 radical (unpaired) electrons. The number of rotatable bonds is 8. The molecular weight excluding hydrogens is 282 g/mol. The van der Waals surface area contributed by atoms with Crippen molar-refractivity contribution in [2.45, 2.75) is 57.6 Å². The van der Waals surface area contributed by atoms with E-state index in [4.69, 9.17) is 0 Å². The molecule has 21 heavy (non-hydrogen) atoms. The highest BCUT2D eigenvalue weighted by atomic mass is 32.2. The zero-order chi connectivity index (χ0) is 16.0. The van der Waals surface area contributed by atoms with Gasteiger partial charge < -0.3 is 5.32 Å². The minimum absolute atomic E-state index is 0.127. The third-order valence-electron chi connectivity index (χ3n) is 4.24. The minimum atomic E-state index is -3.18. The van der Waals surface area contributed by atoms with Gasteiger partial charge in [-0.1, -0.05) is 58.0 Å². The zero-order valence-electron chi connectivity index (χ0n) is 13.8. The number of nitrogens with one attached hydrogen (secondary N) is 1. The van der Waals surface area contributed by atoms with E-state index < -0.39 is 15.1 Å². The van der Waals surface area contributed by atoms with Crippen LogP contribution >= 0.6 is 0 Å². The van der Waals surface area contributed by atoms with Gasteiger partial charge in [-0.25, -0.2) is 8.42 Å². The third kappa shape index (κ3) is 4.30. The number of benzene rings is 1. The summed E-state index contributed by atoms with van der Waals surface area (Å²) in [7, 11) is -3.18. The molecule has 3 atom stereocenters. The van der Waals surface area contributed by atoms with Crippen LogP contribution in [0, 0.1) is 5.92 Å². The van der Waals surface area contributed by atoms with Crippen molar-refractivity contribution in [2.24, 2.45) is 5.92 Å². The molecule has 3 nitrogen and oxygen atoms in total. The maximum atomic E-state index is 13.0. The first kappa shape index (κ1) is 18.2. The van der Waals surface area contributed by atoms with E-state index in [2.05, 4.69) is 5.32 Å². The molecule has 0 aliphatic rings. The number of hydrogen-bond acceptors (Lipinski definition) is 3. The lowest BCUT2D eigenvalue weighted by molar-refractivity contribution is 0.470. The summed E-state index contributed by atoms with van der Waals surface area (Å²) in [5, 5.41) is 2.65. The first-order chi connectivity index (χ1) is 9.86. The second kappa shape index (κ2) is 7.95. The monoisotopic (exact) mass is 311 g/mol. The van der Waals surface area contributed by atoms with E-state index in [9.17, 15) is 8.42 Å². The zero-order valence-corrected chi connectivity index (χ0v) is 14.7. The first-order valence-electron chi connectivity index (χ1n) is 7.87. The van der Waals surface area contributed by atoms with Crippen LogP contribution in [0.2, 0.25) is 0 Å². The standard InChI is InChI=1S/C17H29NO2S/c1-6-16(21(19,20)14(5)13(3)4)17(18-7-2)15-11-9-8-10-12-15/h8-14,16-18H,6-7H2,1-5H3. The van der Waals surface area contributed by atoms with Crippen molar-refractivity contribution >= 4 is 9.84 Å². The van der Waals surface area contributed by atoms with Crippen LogP contribution in [0.5, 0.6) is 0 Å². The molecule has 0 saturated heterocycles. The van der Waals surface area contributed by atoms with Gasteiger partial charge in [-0.15, -0.1) is 0 Å². The van der Waals surface area contributed by atoms with Gasteiger partial charge in [0.2, 0.25) is 0 Å². The third-order valence-corrected chi connectivity index (χ3v) is 7.27. The fourth-order valence-corrected chi connectivity index (χ4v) is 5.06. The molecule has 1 N–H and O–H groups in total. The summed E-state index contributed by atoms with van der Waals surface area (Å²) in [5.74, 6) is 0.127. The van der Waals surface area contributed by atoms with Crippen LogP contribution in [0.25, 0.3) is 0 Å². The molecule has 3 unspecified atom stereocenters. The molecule has 0 aliphatic carbocycles. The molecule has 1 rings (SSSR count). The largest absolute Gasteiger partial charge is 0.309 e. The van der Waals surface area contributed by atoms with Gasteiger partial charge in [0.15, 0.2) is 9.84 Å². The lowest BCUT2D eigenvalue weighted by Gasteiger charge is -2.31. The van der Waals surface area contributed by atoms with Crippen LogP contribution in [0.15, 0.2) is 30.3 Å². The average Bonchev–Trinajstić information content (AvgIpc) is 2.46. The van der Waals surface area contributed by atoms with E-state index in [0.717, 1.165) is 12.1 Å². The van der Waals surface area contributed by atoms with Crippen molar-refractivity contribution in [3.63, 3.8) is 0 Å². The quantitative estimate of drug-likeness (QED) is 0.798. The van der Waals surface area contributed by atoms with Crippen molar-refractivity contribution in [3.05, 3.63) is 35.9 Å². The highest BCUT2D eigenvalue weighted by molar-refractivity contribution is 7.92. The summed E-state index contributed by atoms with van der Waals surface area (Å²) >= 11 is 0. The first-order valence-corrected chi connectivity index (χ1v) is 9.48. The predicted molar refractivity (Wildman–Crippen MR) is 90.2 cm³/mol. The van der Waals surface area contributed by atoms with E-state index in [1.807, 2.05) is 65.0 Å². The molecule has 0 amide bonds. The Balaban J connectivity index is 3.20. The van der Waals surface area contributed by atoms with Crippen LogP contribution in [-0.4, -0.2) is 25.5 Å². The second-order valence-electron chi connectivity index (χ2n) is 5.93. The van der Waals surface area contributed by atoms with E-state index in [1.165, 1.54) is 0 Å². The molecule has 0 fully saturated rings. The molecule has 1 aromatic carbocycles. The van der Waals surface area contributed by atoms with Gasteiger partial charge in [-0.3, -0.25) is 0 Å². The topological polar surface area (TPSA) is 46.2 Å². The van der Waals surface area contributed by atoms with E-state index in [-0.39, 0.29) is 17.2 Å².